The molecular weight excluding hydrogens is 232 g/mol. The highest BCUT2D eigenvalue weighted by molar-refractivity contribution is 5.44. The van der Waals surface area contributed by atoms with Crippen molar-refractivity contribution in [2.45, 2.75) is 32.5 Å². The van der Waals surface area contributed by atoms with Gasteiger partial charge in [0.1, 0.15) is 5.75 Å². The summed E-state index contributed by atoms with van der Waals surface area (Å²) in [5, 5.41) is 13.6. The summed E-state index contributed by atoms with van der Waals surface area (Å²) < 4.78 is 10.6. The fourth-order valence-corrected chi connectivity index (χ4v) is 2.28. The summed E-state index contributed by atoms with van der Waals surface area (Å²) >= 11 is 0. The first-order valence-electron chi connectivity index (χ1n) is 5.96. The highest BCUT2D eigenvalue weighted by Gasteiger charge is 2.23. The minimum absolute atomic E-state index is 0.282. The zero-order valence-electron chi connectivity index (χ0n) is 10.1. The number of aliphatic hydroxyl groups excluding tert-OH is 1. The van der Waals surface area contributed by atoms with Crippen LogP contribution >= 0.6 is 0 Å². The molecule has 1 unspecified atom stereocenters. The van der Waals surface area contributed by atoms with Gasteiger partial charge in [-0.05, 0) is 24.5 Å². The number of aryl methyl sites for hydroxylation is 1. The largest absolute Gasteiger partial charge is 0.485 e. The van der Waals surface area contributed by atoms with Crippen molar-refractivity contribution in [2.75, 3.05) is 0 Å². The number of aliphatic hydroxyl groups is 1. The quantitative estimate of drug-likeness (QED) is 0.896. The first-order valence-corrected chi connectivity index (χ1v) is 5.96. The summed E-state index contributed by atoms with van der Waals surface area (Å²) in [5.74, 6) is 1.86. The topological polar surface area (TPSA) is 68.4 Å². The minimum atomic E-state index is -0.365. The van der Waals surface area contributed by atoms with Crippen molar-refractivity contribution in [3.05, 3.63) is 41.0 Å². The van der Waals surface area contributed by atoms with Gasteiger partial charge in [0.15, 0.2) is 6.61 Å². The second kappa shape index (κ2) is 4.42. The zero-order chi connectivity index (χ0) is 12.5. The summed E-state index contributed by atoms with van der Waals surface area (Å²) in [4.78, 5) is 4.08. The van der Waals surface area contributed by atoms with Crippen molar-refractivity contribution in [3.8, 4) is 5.75 Å². The third kappa shape index (κ3) is 1.97. The first kappa shape index (κ1) is 11.2. The molecule has 2 aromatic rings. The molecule has 1 aromatic heterocycles. The fraction of sp³-hybridized carbons (Fsp3) is 0.385. The summed E-state index contributed by atoms with van der Waals surface area (Å²) in [7, 11) is 0. The molecule has 0 bridgehead atoms. The molecule has 5 heteroatoms. The Hall–Kier alpha value is -1.88. The van der Waals surface area contributed by atoms with Crippen molar-refractivity contribution in [1.29, 1.82) is 0 Å². The Morgan fingerprint density at radius 1 is 1.50 bits per heavy atom. The van der Waals surface area contributed by atoms with Gasteiger partial charge in [0.25, 0.3) is 0 Å². The molecule has 18 heavy (non-hydrogen) atoms. The maximum absolute atomic E-state index is 9.80. The van der Waals surface area contributed by atoms with Crippen molar-refractivity contribution >= 4 is 0 Å². The van der Waals surface area contributed by atoms with E-state index in [9.17, 15) is 5.11 Å². The van der Waals surface area contributed by atoms with Crippen LogP contribution in [0.1, 0.15) is 35.4 Å². The van der Waals surface area contributed by atoms with Gasteiger partial charge in [-0.1, -0.05) is 17.3 Å². The van der Waals surface area contributed by atoms with Gasteiger partial charge in [0, 0.05) is 12.5 Å². The van der Waals surface area contributed by atoms with E-state index in [1.54, 1.807) is 6.92 Å². The third-order valence-corrected chi connectivity index (χ3v) is 3.12. The van der Waals surface area contributed by atoms with Gasteiger partial charge in [-0.15, -0.1) is 0 Å². The molecule has 0 fully saturated rings. The summed E-state index contributed by atoms with van der Waals surface area (Å²) in [6, 6.07) is 5.74. The number of fused-ring (bicyclic) bond motifs is 1. The Balaban J connectivity index is 1.78. The number of hydrogen-bond acceptors (Lipinski definition) is 5. The molecule has 1 aliphatic rings. The van der Waals surface area contributed by atoms with Crippen LogP contribution in [0.5, 0.6) is 5.75 Å². The van der Waals surface area contributed by atoms with E-state index in [1.807, 2.05) is 18.2 Å². The van der Waals surface area contributed by atoms with Crippen molar-refractivity contribution in [1.82, 2.24) is 10.1 Å². The van der Waals surface area contributed by atoms with Crippen molar-refractivity contribution < 1.29 is 14.4 Å². The van der Waals surface area contributed by atoms with Gasteiger partial charge in [-0.2, -0.15) is 4.98 Å². The number of hydrogen-bond donors (Lipinski definition) is 1. The van der Waals surface area contributed by atoms with Gasteiger partial charge < -0.3 is 14.4 Å². The van der Waals surface area contributed by atoms with E-state index in [0.29, 0.717) is 11.7 Å². The molecule has 1 heterocycles. The summed E-state index contributed by atoms with van der Waals surface area (Å²) in [6.07, 6.45) is 1.24. The van der Waals surface area contributed by atoms with Gasteiger partial charge >= 0.3 is 0 Å². The molecule has 1 N–H and O–H groups in total. The van der Waals surface area contributed by atoms with Crippen molar-refractivity contribution in [2.24, 2.45) is 0 Å². The monoisotopic (exact) mass is 246 g/mol. The zero-order valence-corrected chi connectivity index (χ0v) is 10.1. The van der Waals surface area contributed by atoms with E-state index in [0.717, 1.165) is 29.7 Å². The molecule has 0 aliphatic heterocycles. The molecule has 1 aliphatic carbocycles. The van der Waals surface area contributed by atoms with E-state index in [-0.39, 0.29) is 12.7 Å². The predicted octanol–water partition coefficient (Wildman–Crippen LogP) is 1.94. The molecule has 1 aromatic carbocycles. The second-order valence-corrected chi connectivity index (χ2v) is 4.40. The van der Waals surface area contributed by atoms with E-state index in [2.05, 4.69) is 10.1 Å². The van der Waals surface area contributed by atoms with Crippen LogP contribution in [-0.4, -0.2) is 15.2 Å². The average Bonchev–Trinajstić information content (AvgIpc) is 2.94. The lowest BCUT2D eigenvalue weighted by Crippen LogP contribution is -2.00. The van der Waals surface area contributed by atoms with E-state index in [4.69, 9.17) is 9.26 Å². The molecule has 0 saturated carbocycles. The van der Waals surface area contributed by atoms with Gasteiger partial charge in [-0.3, -0.25) is 0 Å². The van der Waals surface area contributed by atoms with Crippen LogP contribution in [0.2, 0.25) is 0 Å². The molecule has 0 spiro atoms. The molecule has 0 radical (unpaired) electrons. The van der Waals surface area contributed by atoms with Crippen LogP contribution in [0.4, 0.5) is 0 Å². The van der Waals surface area contributed by atoms with Crippen LogP contribution in [0.3, 0.4) is 0 Å². The fourth-order valence-electron chi connectivity index (χ4n) is 2.28. The van der Waals surface area contributed by atoms with E-state index >= 15 is 0 Å². The van der Waals surface area contributed by atoms with E-state index in [1.165, 1.54) is 0 Å². The van der Waals surface area contributed by atoms with Gasteiger partial charge in [-0.25, -0.2) is 0 Å². The maximum Gasteiger partial charge on any atom is 0.223 e. The lowest BCUT2D eigenvalue weighted by molar-refractivity contribution is 0.180. The van der Waals surface area contributed by atoms with Crippen LogP contribution in [0, 0.1) is 6.92 Å². The Morgan fingerprint density at radius 3 is 3.17 bits per heavy atom. The SMILES string of the molecule is Cc1nc(COc2cccc3c2CCC3O)no1. The summed E-state index contributed by atoms with van der Waals surface area (Å²) in [5.41, 5.74) is 2.06. The standard InChI is InChI=1S/C13H14N2O3/c1-8-14-13(15-18-8)7-17-12-4-2-3-9-10(12)5-6-11(9)16/h2-4,11,16H,5-7H2,1H3. The highest BCUT2D eigenvalue weighted by atomic mass is 16.5. The Bertz CT molecular complexity index is 565. The highest BCUT2D eigenvalue weighted by Crippen LogP contribution is 2.36. The lowest BCUT2D eigenvalue weighted by atomic mass is 10.1. The van der Waals surface area contributed by atoms with E-state index < -0.39 is 0 Å². The first-order chi connectivity index (χ1) is 8.74. The van der Waals surface area contributed by atoms with Crippen LogP contribution in [-0.2, 0) is 13.0 Å². The van der Waals surface area contributed by atoms with Gasteiger partial charge in [0.05, 0.1) is 6.10 Å². The molecular formula is C13H14N2O3. The third-order valence-electron chi connectivity index (χ3n) is 3.12. The number of nitrogens with zero attached hydrogens (tertiary/aromatic N) is 2. The predicted molar refractivity (Wildman–Crippen MR) is 63.1 cm³/mol. The maximum atomic E-state index is 9.80. The Labute approximate surface area is 104 Å². The van der Waals surface area contributed by atoms with Crippen molar-refractivity contribution in [3.63, 3.8) is 0 Å². The second-order valence-electron chi connectivity index (χ2n) is 4.40. The molecule has 3 rings (SSSR count). The molecule has 1 atom stereocenters. The molecule has 5 nitrogen and oxygen atoms in total. The van der Waals surface area contributed by atoms with Crippen LogP contribution in [0.25, 0.3) is 0 Å². The number of aromatic nitrogens is 2. The Morgan fingerprint density at radius 2 is 2.39 bits per heavy atom. The number of rotatable bonds is 3. The summed E-state index contributed by atoms with van der Waals surface area (Å²) in [6.45, 7) is 2.02. The average molecular weight is 246 g/mol. The minimum Gasteiger partial charge on any atom is -0.485 e. The lowest BCUT2D eigenvalue weighted by Gasteiger charge is -2.09. The van der Waals surface area contributed by atoms with Crippen LogP contribution in [0.15, 0.2) is 22.7 Å². The molecule has 0 amide bonds. The normalized spacial score (nSPS) is 17.8. The van der Waals surface area contributed by atoms with Crippen LogP contribution < -0.4 is 4.74 Å². The molecule has 0 saturated heterocycles. The van der Waals surface area contributed by atoms with Gasteiger partial charge in [0.2, 0.25) is 11.7 Å². The Kier molecular flexibility index (Phi) is 2.76. The molecule has 94 valence electrons. The smallest absolute Gasteiger partial charge is 0.223 e. The number of benzene rings is 1. The number of ether oxygens (including phenoxy) is 1.